The fraction of sp³-hybridized carbons (Fsp3) is 0.0714. The third-order valence-electron chi connectivity index (χ3n) is 2.70. The van der Waals surface area contributed by atoms with E-state index in [2.05, 4.69) is 0 Å². The summed E-state index contributed by atoms with van der Waals surface area (Å²) < 4.78 is 5.25. The minimum Gasteiger partial charge on any atom is -0.496 e. The number of methoxy groups -OCH3 is 1. The number of carbonyl (C=O) groups is 1. The Hall–Kier alpha value is -1.71. The Balaban J connectivity index is 2.70. The van der Waals surface area contributed by atoms with E-state index in [1.165, 1.54) is 6.07 Å². The van der Waals surface area contributed by atoms with Crippen molar-refractivity contribution >= 4 is 29.2 Å². The smallest absolute Gasteiger partial charge is 0.338 e. The zero-order valence-electron chi connectivity index (χ0n) is 9.98. The molecule has 0 saturated heterocycles. The molecule has 0 radical (unpaired) electrons. The standard InChI is InChI=1S/C14H10Cl2O3/c1-19-11-5-3-2-4-8(11)9-6-7-10(15)12(13(9)16)14(17)18/h2-7H,1H3,(H,17,18). The van der Waals surface area contributed by atoms with Crippen LogP contribution in [0.1, 0.15) is 10.4 Å². The first kappa shape index (κ1) is 13.7. The first-order valence-electron chi connectivity index (χ1n) is 5.41. The van der Waals surface area contributed by atoms with Crippen LogP contribution in [-0.4, -0.2) is 18.2 Å². The quantitative estimate of drug-likeness (QED) is 0.915. The number of ether oxygens (including phenoxy) is 1. The molecule has 1 N–H and O–H groups in total. The lowest BCUT2D eigenvalue weighted by Gasteiger charge is -2.12. The second-order valence-electron chi connectivity index (χ2n) is 3.79. The van der Waals surface area contributed by atoms with Gasteiger partial charge >= 0.3 is 5.97 Å². The molecule has 3 nitrogen and oxygen atoms in total. The number of halogens is 2. The van der Waals surface area contributed by atoms with Crippen LogP contribution in [0.15, 0.2) is 36.4 Å². The molecule has 2 aromatic carbocycles. The first-order chi connectivity index (χ1) is 9.06. The lowest BCUT2D eigenvalue weighted by Crippen LogP contribution is -2.00. The molecule has 0 unspecified atom stereocenters. The van der Waals surface area contributed by atoms with Gasteiger partial charge in [-0.1, -0.05) is 47.5 Å². The molecule has 19 heavy (non-hydrogen) atoms. The monoisotopic (exact) mass is 296 g/mol. The molecule has 0 aliphatic rings. The van der Waals surface area contributed by atoms with Gasteiger partial charge in [-0.3, -0.25) is 0 Å². The lowest BCUT2D eigenvalue weighted by molar-refractivity contribution is 0.0697. The molecule has 0 aliphatic carbocycles. The molecule has 0 atom stereocenters. The molecule has 0 aromatic heterocycles. The topological polar surface area (TPSA) is 46.5 Å². The molecule has 0 spiro atoms. The summed E-state index contributed by atoms with van der Waals surface area (Å²) in [5, 5.41) is 9.35. The van der Waals surface area contributed by atoms with Crippen molar-refractivity contribution in [3.8, 4) is 16.9 Å². The highest BCUT2D eigenvalue weighted by Gasteiger charge is 2.19. The summed E-state index contributed by atoms with van der Waals surface area (Å²) in [5.41, 5.74) is 1.18. The Bertz CT molecular complexity index is 639. The van der Waals surface area contributed by atoms with Crippen molar-refractivity contribution in [1.29, 1.82) is 0 Å². The van der Waals surface area contributed by atoms with Gasteiger partial charge in [0.05, 0.1) is 22.7 Å². The minimum atomic E-state index is -1.16. The van der Waals surface area contributed by atoms with Crippen molar-refractivity contribution in [2.24, 2.45) is 0 Å². The molecule has 0 saturated carbocycles. The van der Waals surface area contributed by atoms with E-state index >= 15 is 0 Å². The molecule has 0 heterocycles. The average molecular weight is 297 g/mol. The molecule has 2 aromatic rings. The maximum Gasteiger partial charge on any atom is 0.338 e. The van der Waals surface area contributed by atoms with Crippen LogP contribution in [0.2, 0.25) is 10.0 Å². The summed E-state index contributed by atoms with van der Waals surface area (Å²) >= 11 is 12.0. The van der Waals surface area contributed by atoms with Crippen LogP contribution in [0.25, 0.3) is 11.1 Å². The van der Waals surface area contributed by atoms with E-state index in [0.717, 1.165) is 0 Å². The van der Waals surface area contributed by atoms with E-state index in [4.69, 9.17) is 33.0 Å². The second-order valence-corrected chi connectivity index (χ2v) is 4.57. The highest BCUT2D eigenvalue weighted by atomic mass is 35.5. The number of rotatable bonds is 3. The van der Waals surface area contributed by atoms with Crippen LogP contribution in [0, 0.1) is 0 Å². The van der Waals surface area contributed by atoms with Crippen molar-refractivity contribution in [3.05, 3.63) is 52.0 Å². The van der Waals surface area contributed by atoms with E-state index in [1.54, 1.807) is 25.3 Å². The van der Waals surface area contributed by atoms with Crippen molar-refractivity contribution in [3.63, 3.8) is 0 Å². The Labute approximate surface area is 120 Å². The Kier molecular flexibility index (Phi) is 3.98. The molecule has 0 fully saturated rings. The fourth-order valence-corrected chi connectivity index (χ4v) is 2.46. The number of benzene rings is 2. The van der Waals surface area contributed by atoms with E-state index in [0.29, 0.717) is 16.9 Å². The van der Waals surface area contributed by atoms with Gasteiger partial charge in [0.25, 0.3) is 0 Å². The maximum atomic E-state index is 11.2. The largest absolute Gasteiger partial charge is 0.496 e. The van der Waals surface area contributed by atoms with Gasteiger partial charge in [-0.15, -0.1) is 0 Å². The number of carboxylic acid groups (broad SMARTS) is 1. The highest BCUT2D eigenvalue weighted by Crippen LogP contribution is 2.38. The van der Waals surface area contributed by atoms with E-state index in [-0.39, 0.29) is 15.6 Å². The van der Waals surface area contributed by atoms with Crippen LogP contribution in [0.3, 0.4) is 0 Å². The van der Waals surface area contributed by atoms with Crippen molar-refractivity contribution in [2.45, 2.75) is 0 Å². The van der Waals surface area contributed by atoms with Crippen LogP contribution >= 0.6 is 23.2 Å². The predicted molar refractivity (Wildman–Crippen MR) is 75.4 cm³/mol. The summed E-state index contributed by atoms with van der Waals surface area (Å²) in [6.45, 7) is 0. The summed E-state index contributed by atoms with van der Waals surface area (Å²) in [6, 6.07) is 10.4. The van der Waals surface area contributed by atoms with Gasteiger partial charge in [0.15, 0.2) is 0 Å². The molecule has 5 heteroatoms. The molecular formula is C14H10Cl2O3. The number of carboxylic acids is 1. The van der Waals surface area contributed by atoms with Gasteiger partial charge in [-0.25, -0.2) is 4.79 Å². The zero-order chi connectivity index (χ0) is 14.0. The van der Waals surface area contributed by atoms with Gasteiger partial charge in [-0.05, 0) is 12.1 Å². The normalized spacial score (nSPS) is 10.3. The van der Waals surface area contributed by atoms with Gasteiger partial charge in [0.1, 0.15) is 5.75 Å². The fourth-order valence-electron chi connectivity index (χ4n) is 1.82. The summed E-state index contributed by atoms with van der Waals surface area (Å²) in [4.78, 5) is 11.2. The number of para-hydroxylation sites is 1. The first-order valence-corrected chi connectivity index (χ1v) is 6.16. The highest BCUT2D eigenvalue weighted by molar-refractivity contribution is 6.41. The Morgan fingerprint density at radius 2 is 1.79 bits per heavy atom. The third kappa shape index (κ3) is 2.53. The third-order valence-corrected chi connectivity index (χ3v) is 3.41. The molecule has 0 bridgehead atoms. The minimum absolute atomic E-state index is 0.101. The summed E-state index contributed by atoms with van der Waals surface area (Å²) in [6.07, 6.45) is 0. The van der Waals surface area contributed by atoms with Crippen LogP contribution in [0.5, 0.6) is 5.75 Å². The lowest BCUT2D eigenvalue weighted by atomic mass is 10.0. The predicted octanol–water partition coefficient (Wildman–Crippen LogP) is 4.37. The van der Waals surface area contributed by atoms with Gasteiger partial charge in [0, 0.05) is 11.1 Å². The number of hydrogen-bond acceptors (Lipinski definition) is 2. The van der Waals surface area contributed by atoms with Crippen LogP contribution in [0.4, 0.5) is 0 Å². The molecule has 98 valence electrons. The van der Waals surface area contributed by atoms with Crippen LogP contribution in [-0.2, 0) is 0 Å². The van der Waals surface area contributed by atoms with Gasteiger partial charge in [-0.2, -0.15) is 0 Å². The van der Waals surface area contributed by atoms with Gasteiger partial charge < -0.3 is 9.84 Å². The van der Waals surface area contributed by atoms with Gasteiger partial charge in [0.2, 0.25) is 0 Å². The average Bonchev–Trinajstić information content (AvgIpc) is 2.38. The van der Waals surface area contributed by atoms with Crippen molar-refractivity contribution in [1.82, 2.24) is 0 Å². The second kappa shape index (κ2) is 5.51. The van der Waals surface area contributed by atoms with Crippen molar-refractivity contribution in [2.75, 3.05) is 7.11 Å². The molecule has 0 aliphatic heterocycles. The number of hydrogen-bond donors (Lipinski definition) is 1. The number of aromatic carboxylic acids is 1. The zero-order valence-corrected chi connectivity index (χ0v) is 11.5. The molecule has 0 amide bonds. The molecule has 2 rings (SSSR count). The summed E-state index contributed by atoms with van der Waals surface area (Å²) in [5.74, 6) is -0.546. The van der Waals surface area contributed by atoms with Crippen LogP contribution < -0.4 is 4.74 Å². The van der Waals surface area contributed by atoms with E-state index < -0.39 is 5.97 Å². The van der Waals surface area contributed by atoms with E-state index in [1.807, 2.05) is 12.1 Å². The SMILES string of the molecule is COc1ccccc1-c1ccc(Cl)c(C(=O)O)c1Cl. The Morgan fingerprint density at radius 3 is 2.42 bits per heavy atom. The van der Waals surface area contributed by atoms with Crippen molar-refractivity contribution < 1.29 is 14.6 Å². The maximum absolute atomic E-state index is 11.2. The summed E-state index contributed by atoms with van der Waals surface area (Å²) in [7, 11) is 1.54. The molecular weight excluding hydrogens is 287 g/mol. The van der Waals surface area contributed by atoms with E-state index in [9.17, 15) is 4.79 Å². The Morgan fingerprint density at radius 1 is 1.11 bits per heavy atom.